The number of amides is 1. The standard InChI is InChI=1S/C19H20N4O5S/c1-11-8-14(12(2)28-11)16-10-29-19(21-16)22-18(24)13-4-5-15(20-6-7-27-3)17(9-13)23(25)26/h4-5,8-10,20H,6-7H2,1-3H3,(H,21,22,24). The molecule has 0 fully saturated rings. The minimum atomic E-state index is -0.530. The summed E-state index contributed by atoms with van der Waals surface area (Å²) in [5, 5.41) is 19.2. The van der Waals surface area contributed by atoms with Gasteiger partial charge in [-0.2, -0.15) is 0 Å². The number of aromatic nitrogens is 1. The molecular weight excluding hydrogens is 396 g/mol. The maximum Gasteiger partial charge on any atom is 0.293 e. The summed E-state index contributed by atoms with van der Waals surface area (Å²) in [6.07, 6.45) is 0. The zero-order chi connectivity index (χ0) is 21.0. The van der Waals surface area contributed by atoms with E-state index in [1.165, 1.54) is 29.5 Å². The molecule has 0 aliphatic rings. The summed E-state index contributed by atoms with van der Waals surface area (Å²) in [7, 11) is 1.54. The van der Waals surface area contributed by atoms with Crippen LogP contribution in [0.4, 0.5) is 16.5 Å². The lowest BCUT2D eigenvalue weighted by molar-refractivity contribution is -0.384. The van der Waals surface area contributed by atoms with E-state index in [4.69, 9.17) is 9.15 Å². The number of anilines is 2. The normalized spacial score (nSPS) is 10.7. The van der Waals surface area contributed by atoms with Gasteiger partial charge in [0.25, 0.3) is 11.6 Å². The summed E-state index contributed by atoms with van der Waals surface area (Å²) in [6, 6.07) is 6.15. The molecular formula is C19H20N4O5S. The van der Waals surface area contributed by atoms with E-state index in [0.29, 0.717) is 29.7 Å². The van der Waals surface area contributed by atoms with Gasteiger partial charge in [0.2, 0.25) is 0 Å². The lowest BCUT2D eigenvalue weighted by Crippen LogP contribution is -2.13. The van der Waals surface area contributed by atoms with Crippen molar-refractivity contribution in [1.29, 1.82) is 0 Å². The number of ether oxygens (including phenoxy) is 1. The first-order valence-electron chi connectivity index (χ1n) is 8.74. The first-order valence-corrected chi connectivity index (χ1v) is 9.62. The van der Waals surface area contributed by atoms with Crippen molar-refractivity contribution in [2.24, 2.45) is 0 Å². The number of methoxy groups -OCH3 is 1. The van der Waals surface area contributed by atoms with Crippen molar-refractivity contribution >= 4 is 33.8 Å². The third-order valence-corrected chi connectivity index (χ3v) is 4.88. The predicted octanol–water partition coefficient (Wildman–Crippen LogP) is 4.24. The molecule has 2 N–H and O–H groups in total. The number of carbonyl (C=O) groups is 1. The van der Waals surface area contributed by atoms with Crippen molar-refractivity contribution in [2.45, 2.75) is 13.8 Å². The Labute approximate surface area is 170 Å². The molecule has 0 saturated carbocycles. The van der Waals surface area contributed by atoms with Crippen LogP contribution in [0.25, 0.3) is 11.3 Å². The Balaban J connectivity index is 1.76. The molecule has 0 radical (unpaired) electrons. The number of nitrogens with zero attached hydrogens (tertiary/aromatic N) is 2. The molecule has 0 aliphatic heterocycles. The molecule has 2 heterocycles. The summed E-state index contributed by atoms with van der Waals surface area (Å²) >= 11 is 1.27. The Bertz CT molecular complexity index is 1040. The fraction of sp³-hybridized carbons (Fsp3) is 0.263. The van der Waals surface area contributed by atoms with Crippen LogP contribution in [0.2, 0.25) is 0 Å². The van der Waals surface area contributed by atoms with Crippen LogP contribution in [-0.4, -0.2) is 36.1 Å². The van der Waals surface area contributed by atoms with E-state index in [1.54, 1.807) is 7.11 Å². The number of furan rings is 1. The lowest BCUT2D eigenvalue weighted by Gasteiger charge is -2.08. The largest absolute Gasteiger partial charge is 0.466 e. The van der Waals surface area contributed by atoms with Crippen LogP contribution in [0.1, 0.15) is 21.9 Å². The minimum absolute atomic E-state index is 0.168. The Morgan fingerprint density at radius 3 is 2.79 bits per heavy atom. The van der Waals surface area contributed by atoms with Crippen molar-refractivity contribution in [1.82, 2.24) is 4.98 Å². The van der Waals surface area contributed by atoms with Crippen LogP contribution in [0.3, 0.4) is 0 Å². The van der Waals surface area contributed by atoms with Crippen LogP contribution < -0.4 is 10.6 Å². The number of hydrogen-bond acceptors (Lipinski definition) is 8. The second kappa shape index (κ2) is 8.84. The van der Waals surface area contributed by atoms with Gasteiger partial charge in [0.05, 0.1) is 17.2 Å². The number of carbonyl (C=O) groups excluding carboxylic acids is 1. The molecule has 0 spiro atoms. The first-order chi connectivity index (χ1) is 13.9. The van der Waals surface area contributed by atoms with E-state index in [2.05, 4.69) is 15.6 Å². The van der Waals surface area contributed by atoms with Crippen molar-refractivity contribution in [3.8, 4) is 11.3 Å². The summed E-state index contributed by atoms with van der Waals surface area (Å²) in [5.41, 5.74) is 1.87. The molecule has 3 rings (SSSR count). The quantitative estimate of drug-likeness (QED) is 0.320. The van der Waals surface area contributed by atoms with E-state index >= 15 is 0 Å². The molecule has 1 amide bonds. The zero-order valence-corrected chi connectivity index (χ0v) is 17.0. The van der Waals surface area contributed by atoms with E-state index in [9.17, 15) is 14.9 Å². The van der Waals surface area contributed by atoms with Gasteiger partial charge in [0.1, 0.15) is 17.2 Å². The molecule has 10 heteroatoms. The molecule has 1 aromatic carbocycles. The second-order valence-corrected chi connectivity index (χ2v) is 7.09. The number of benzene rings is 1. The molecule has 3 aromatic rings. The fourth-order valence-corrected chi connectivity index (χ4v) is 3.48. The zero-order valence-electron chi connectivity index (χ0n) is 16.1. The molecule has 152 valence electrons. The molecule has 0 saturated heterocycles. The summed E-state index contributed by atoms with van der Waals surface area (Å²) in [4.78, 5) is 27.8. The van der Waals surface area contributed by atoms with Crippen molar-refractivity contribution < 1.29 is 18.9 Å². The number of nitro groups is 1. The number of thiazole rings is 1. The molecule has 0 aliphatic carbocycles. The smallest absolute Gasteiger partial charge is 0.293 e. The maximum absolute atomic E-state index is 12.6. The Kier molecular flexibility index (Phi) is 6.25. The first kappa shape index (κ1) is 20.5. The van der Waals surface area contributed by atoms with Gasteiger partial charge in [-0.25, -0.2) is 4.98 Å². The molecule has 0 atom stereocenters. The highest BCUT2D eigenvalue weighted by molar-refractivity contribution is 7.14. The highest BCUT2D eigenvalue weighted by Crippen LogP contribution is 2.30. The summed E-state index contributed by atoms with van der Waals surface area (Å²) < 4.78 is 10.4. The number of rotatable bonds is 8. The van der Waals surface area contributed by atoms with Gasteiger partial charge in [-0.15, -0.1) is 11.3 Å². The van der Waals surface area contributed by atoms with Crippen LogP contribution >= 0.6 is 11.3 Å². The average molecular weight is 416 g/mol. The van der Waals surface area contributed by atoms with Crippen molar-refractivity contribution in [3.05, 3.63) is 56.8 Å². The number of nitrogens with one attached hydrogen (secondary N) is 2. The third kappa shape index (κ3) is 4.79. The monoisotopic (exact) mass is 416 g/mol. The van der Waals surface area contributed by atoms with Gasteiger partial charge < -0.3 is 14.5 Å². The SMILES string of the molecule is COCCNc1ccc(C(=O)Nc2nc(-c3cc(C)oc3C)cs2)cc1[N+](=O)[O-]. The van der Waals surface area contributed by atoms with Crippen LogP contribution in [0.15, 0.2) is 34.1 Å². The topological polar surface area (TPSA) is 120 Å². The maximum atomic E-state index is 12.6. The van der Waals surface area contributed by atoms with Gasteiger partial charge in [-0.1, -0.05) is 0 Å². The summed E-state index contributed by atoms with van der Waals surface area (Å²) in [5.74, 6) is 1.05. The van der Waals surface area contributed by atoms with Crippen molar-refractivity contribution in [2.75, 3.05) is 30.9 Å². The molecule has 29 heavy (non-hydrogen) atoms. The third-order valence-electron chi connectivity index (χ3n) is 4.12. The lowest BCUT2D eigenvalue weighted by atomic mass is 10.1. The van der Waals surface area contributed by atoms with E-state index in [-0.39, 0.29) is 11.3 Å². The fourth-order valence-electron chi connectivity index (χ4n) is 2.77. The van der Waals surface area contributed by atoms with Gasteiger partial charge in [-0.3, -0.25) is 20.2 Å². The number of hydrogen-bond donors (Lipinski definition) is 2. The molecule has 9 nitrogen and oxygen atoms in total. The highest BCUT2D eigenvalue weighted by atomic mass is 32.1. The Hall–Kier alpha value is -3.24. The Morgan fingerprint density at radius 2 is 2.14 bits per heavy atom. The van der Waals surface area contributed by atoms with Crippen LogP contribution in [-0.2, 0) is 4.74 Å². The van der Waals surface area contributed by atoms with Crippen LogP contribution in [0.5, 0.6) is 0 Å². The molecule has 0 bridgehead atoms. The van der Waals surface area contributed by atoms with Gasteiger partial charge >= 0.3 is 0 Å². The van der Waals surface area contributed by atoms with E-state index in [0.717, 1.165) is 17.1 Å². The van der Waals surface area contributed by atoms with Gasteiger partial charge in [0, 0.05) is 36.2 Å². The highest BCUT2D eigenvalue weighted by Gasteiger charge is 2.19. The minimum Gasteiger partial charge on any atom is -0.466 e. The van der Waals surface area contributed by atoms with E-state index in [1.807, 2.05) is 25.3 Å². The van der Waals surface area contributed by atoms with Crippen LogP contribution in [0, 0.1) is 24.0 Å². The second-order valence-electron chi connectivity index (χ2n) is 6.23. The number of aryl methyl sites for hydroxylation is 2. The molecule has 2 aromatic heterocycles. The van der Waals surface area contributed by atoms with Crippen molar-refractivity contribution in [3.63, 3.8) is 0 Å². The van der Waals surface area contributed by atoms with E-state index < -0.39 is 10.8 Å². The average Bonchev–Trinajstić information content (AvgIpc) is 3.27. The molecule has 0 unspecified atom stereocenters. The Morgan fingerprint density at radius 1 is 1.34 bits per heavy atom. The number of nitro benzene ring substituents is 1. The van der Waals surface area contributed by atoms with Gasteiger partial charge in [0.15, 0.2) is 5.13 Å². The van der Waals surface area contributed by atoms with Gasteiger partial charge in [-0.05, 0) is 32.0 Å². The predicted molar refractivity (Wildman–Crippen MR) is 111 cm³/mol. The summed E-state index contributed by atoms with van der Waals surface area (Å²) in [6.45, 7) is 4.52.